The van der Waals surface area contributed by atoms with Crippen molar-refractivity contribution < 1.29 is 4.79 Å². The average molecular weight is 324 g/mol. The number of unbranched alkanes of at least 4 members (excludes halogenated alkanes) is 1. The molecule has 1 saturated heterocycles. The van der Waals surface area contributed by atoms with Crippen LogP contribution in [0.5, 0.6) is 0 Å². The van der Waals surface area contributed by atoms with Gasteiger partial charge in [-0.3, -0.25) is 4.79 Å². The third-order valence-electron chi connectivity index (χ3n) is 4.21. The minimum atomic E-state index is -0.0636. The highest BCUT2D eigenvalue weighted by Gasteiger charge is 2.15. The van der Waals surface area contributed by atoms with Crippen molar-refractivity contribution in [1.29, 1.82) is 0 Å². The first-order valence-corrected chi connectivity index (χ1v) is 9.22. The van der Waals surface area contributed by atoms with E-state index in [0.29, 0.717) is 12.2 Å². The van der Waals surface area contributed by atoms with E-state index in [1.165, 1.54) is 37.3 Å². The van der Waals surface area contributed by atoms with Gasteiger partial charge in [0.2, 0.25) is 0 Å². The monoisotopic (exact) mass is 324 g/mol. The van der Waals surface area contributed by atoms with E-state index in [1.807, 2.05) is 5.38 Å². The van der Waals surface area contributed by atoms with Crippen LogP contribution in [-0.4, -0.2) is 48.5 Å². The summed E-state index contributed by atoms with van der Waals surface area (Å²) in [6.07, 6.45) is 5.56. The van der Waals surface area contributed by atoms with Crippen molar-refractivity contribution >= 4 is 17.2 Å². The van der Waals surface area contributed by atoms with E-state index in [9.17, 15) is 4.79 Å². The Labute approximate surface area is 137 Å². The average Bonchev–Trinajstić information content (AvgIpc) is 2.98. The van der Waals surface area contributed by atoms with Gasteiger partial charge in [-0.1, -0.05) is 6.92 Å². The number of carbonyl (C=O) groups is 1. The van der Waals surface area contributed by atoms with Crippen LogP contribution in [0.4, 0.5) is 0 Å². The van der Waals surface area contributed by atoms with Crippen LogP contribution >= 0.6 is 11.3 Å². The fourth-order valence-electron chi connectivity index (χ4n) is 2.69. The van der Waals surface area contributed by atoms with Crippen molar-refractivity contribution in [3.8, 4) is 0 Å². The van der Waals surface area contributed by atoms with Gasteiger partial charge >= 0.3 is 0 Å². The number of piperidine rings is 1. The van der Waals surface area contributed by atoms with Gasteiger partial charge < -0.3 is 16.0 Å². The molecular formula is C16H28N4OS. The Balaban J connectivity index is 1.57. The van der Waals surface area contributed by atoms with Crippen LogP contribution in [-0.2, 0) is 6.42 Å². The van der Waals surface area contributed by atoms with E-state index in [0.717, 1.165) is 43.3 Å². The first-order valence-electron chi connectivity index (χ1n) is 8.34. The number of rotatable bonds is 8. The SMILES string of the molecule is CC1CCN(CCCCNC(=O)c2csc(CCN)n2)CC1. The molecule has 0 aliphatic carbocycles. The third kappa shape index (κ3) is 5.66. The predicted molar refractivity (Wildman–Crippen MR) is 91.3 cm³/mol. The van der Waals surface area contributed by atoms with Crippen LogP contribution in [0.2, 0.25) is 0 Å². The molecule has 0 atom stereocenters. The second kappa shape index (κ2) is 9.22. The zero-order valence-electron chi connectivity index (χ0n) is 13.5. The maximum atomic E-state index is 12.0. The molecule has 22 heavy (non-hydrogen) atoms. The van der Waals surface area contributed by atoms with Crippen molar-refractivity contribution in [2.75, 3.05) is 32.7 Å². The summed E-state index contributed by atoms with van der Waals surface area (Å²) in [5.74, 6) is 0.823. The molecule has 1 aliphatic heterocycles. The highest BCUT2D eigenvalue weighted by Crippen LogP contribution is 2.16. The number of hydrogen-bond donors (Lipinski definition) is 2. The van der Waals surface area contributed by atoms with Gasteiger partial charge in [0.1, 0.15) is 5.69 Å². The van der Waals surface area contributed by atoms with Crippen molar-refractivity contribution in [2.45, 2.75) is 39.0 Å². The lowest BCUT2D eigenvalue weighted by Crippen LogP contribution is -2.34. The van der Waals surface area contributed by atoms with E-state index in [4.69, 9.17) is 5.73 Å². The Hall–Kier alpha value is -0.980. The number of nitrogens with zero attached hydrogens (tertiary/aromatic N) is 2. The molecule has 0 unspecified atom stereocenters. The van der Waals surface area contributed by atoms with Crippen molar-refractivity contribution in [3.63, 3.8) is 0 Å². The first kappa shape index (κ1) is 17.4. The Morgan fingerprint density at radius 1 is 1.45 bits per heavy atom. The van der Waals surface area contributed by atoms with Gasteiger partial charge in [-0.05, 0) is 57.8 Å². The lowest BCUT2D eigenvalue weighted by atomic mass is 9.99. The highest BCUT2D eigenvalue weighted by atomic mass is 32.1. The minimum absolute atomic E-state index is 0.0636. The van der Waals surface area contributed by atoms with E-state index in [1.54, 1.807) is 0 Å². The molecule has 1 aromatic rings. The standard InChI is InChI=1S/C16H28N4OS/c1-13-5-10-20(11-6-13)9-3-2-8-18-16(21)14-12-22-15(19-14)4-7-17/h12-13H,2-11,17H2,1H3,(H,18,21). The van der Waals surface area contributed by atoms with Crippen LogP contribution in [0.15, 0.2) is 5.38 Å². The van der Waals surface area contributed by atoms with E-state index < -0.39 is 0 Å². The summed E-state index contributed by atoms with van der Waals surface area (Å²) in [5, 5.41) is 5.71. The van der Waals surface area contributed by atoms with Gasteiger partial charge in [0.25, 0.3) is 5.91 Å². The molecule has 1 aromatic heterocycles. The molecule has 0 aromatic carbocycles. The van der Waals surface area contributed by atoms with Gasteiger partial charge in [0.05, 0.1) is 5.01 Å². The Morgan fingerprint density at radius 3 is 2.95 bits per heavy atom. The fraction of sp³-hybridized carbons (Fsp3) is 0.750. The number of likely N-dealkylation sites (tertiary alicyclic amines) is 1. The van der Waals surface area contributed by atoms with Gasteiger partial charge in [-0.2, -0.15) is 0 Å². The second-order valence-electron chi connectivity index (χ2n) is 6.15. The fourth-order valence-corrected chi connectivity index (χ4v) is 3.49. The lowest BCUT2D eigenvalue weighted by Gasteiger charge is -2.30. The van der Waals surface area contributed by atoms with Gasteiger partial charge in [-0.25, -0.2) is 4.98 Å². The van der Waals surface area contributed by atoms with Crippen molar-refractivity contribution in [1.82, 2.24) is 15.2 Å². The summed E-state index contributed by atoms with van der Waals surface area (Å²) >= 11 is 1.51. The molecule has 0 radical (unpaired) electrons. The molecule has 3 N–H and O–H groups in total. The smallest absolute Gasteiger partial charge is 0.270 e. The maximum Gasteiger partial charge on any atom is 0.270 e. The first-order chi connectivity index (χ1) is 10.7. The molecular weight excluding hydrogens is 296 g/mol. The third-order valence-corrected chi connectivity index (χ3v) is 5.11. The summed E-state index contributed by atoms with van der Waals surface area (Å²) in [5.41, 5.74) is 6.02. The van der Waals surface area contributed by atoms with E-state index in [2.05, 4.69) is 22.1 Å². The molecule has 5 nitrogen and oxygen atoms in total. The molecule has 1 fully saturated rings. The minimum Gasteiger partial charge on any atom is -0.351 e. The predicted octanol–water partition coefficient (Wildman–Crippen LogP) is 1.89. The van der Waals surface area contributed by atoms with E-state index in [-0.39, 0.29) is 5.91 Å². The number of carbonyl (C=O) groups excluding carboxylic acids is 1. The molecule has 0 bridgehead atoms. The summed E-state index contributed by atoms with van der Waals surface area (Å²) < 4.78 is 0. The molecule has 1 aliphatic rings. The molecule has 0 saturated carbocycles. The highest BCUT2D eigenvalue weighted by molar-refractivity contribution is 7.09. The quantitative estimate of drug-likeness (QED) is 0.716. The molecule has 2 heterocycles. The zero-order valence-corrected chi connectivity index (χ0v) is 14.3. The number of aromatic nitrogens is 1. The van der Waals surface area contributed by atoms with E-state index >= 15 is 0 Å². The molecule has 0 spiro atoms. The van der Waals surface area contributed by atoms with Crippen LogP contribution in [0.1, 0.15) is 48.1 Å². The normalized spacial score (nSPS) is 16.8. The number of amides is 1. The van der Waals surface area contributed by atoms with Gasteiger partial charge in [0.15, 0.2) is 0 Å². The van der Waals surface area contributed by atoms with Crippen molar-refractivity contribution in [2.24, 2.45) is 11.7 Å². The molecule has 2 rings (SSSR count). The van der Waals surface area contributed by atoms with Crippen molar-refractivity contribution in [3.05, 3.63) is 16.1 Å². The molecule has 1 amide bonds. The van der Waals surface area contributed by atoms with Gasteiger partial charge in [-0.15, -0.1) is 11.3 Å². The van der Waals surface area contributed by atoms with Crippen LogP contribution in [0, 0.1) is 5.92 Å². The largest absolute Gasteiger partial charge is 0.351 e. The number of hydrogen-bond acceptors (Lipinski definition) is 5. The Kier molecular flexibility index (Phi) is 7.29. The summed E-state index contributed by atoms with van der Waals surface area (Å²) in [6.45, 7) is 7.26. The summed E-state index contributed by atoms with van der Waals surface area (Å²) in [4.78, 5) is 18.8. The van der Waals surface area contributed by atoms with Crippen LogP contribution < -0.4 is 11.1 Å². The maximum absolute atomic E-state index is 12.0. The topological polar surface area (TPSA) is 71.2 Å². The molecule has 124 valence electrons. The second-order valence-corrected chi connectivity index (χ2v) is 7.09. The van der Waals surface area contributed by atoms with Gasteiger partial charge in [0, 0.05) is 18.3 Å². The summed E-state index contributed by atoms with van der Waals surface area (Å²) in [7, 11) is 0. The number of nitrogens with two attached hydrogens (primary N) is 1. The molecule has 6 heteroatoms. The van der Waals surface area contributed by atoms with Crippen LogP contribution in [0.25, 0.3) is 0 Å². The Morgan fingerprint density at radius 2 is 2.23 bits per heavy atom. The number of nitrogens with one attached hydrogen (secondary N) is 1. The number of thiazole rings is 1. The zero-order chi connectivity index (χ0) is 15.8. The summed E-state index contributed by atoms with van der Waals surface area (Å²) in [6, 6.07) is 0. The van der Waals surface area contributed by atoms with Crippen LogP contribution in [0.3, 0.4) is 0 Å². The lowest BCUT2D eigenvalue weighted by molar-refractivity contribution is 0.0947. The Bertz CT molecular complexity index is 455.